The topological polar surface area (TPSA) is 36.9 Å². The van der Waals surface area contributed by atoms with Gasteiger partial charge in [0.2, 0.25) is 0 Å². The van der Waals surface area contributed by atoms with E-state index in [-0.39, 0.29) is 12.2 Å². The Morgan fingerprint density at radius 1 is 1.43 bits per heavy atom. The van der Waals surface area contributed by atoms with E-state index in [4.69, 9.17) is 18.9 Å². The van der Waals surface area contributed by atoms with E-state index in [1.165, 1.54) is 0 Å². The highest BCUT2D eigenvalue weighted by Crippen LogP contribution is 2.19. The first-order chi connectivity index (χ1) is 6.77. The van der Waals surface area contributed by atoms with Crippen molar-refractivity contribution in [2.45, 2.75) is 45.0 Å². The normalized spacial score (nSPS) is 30.2. The van der Waals surface area contributed by atoms with Crippen molar-refractivity contribution < 1.29 is 18.9 Å². The molecule has 0 amide bonds. The van der Waals surface area contributed by atoms with E-state index in [0.29, 0.717) is 19.7 Å². The van der Waals surface area contributed by atoms with Gasteiger partial charge in [-0.25, -0.2) is 0 Å². The summed E-state index contributed by atoms with van der Waals surface area (Å²) in [4.78, 5) is 0. The molecule has 1 aliphatic heterocycles. The predicted octanol–water partition coefficient (Wildman–Crippen LogP) is 1.54. The van der Waals surface area contributed by atoms with Gasteiger partial charge in [0, 0.05) is 13.5 Å². The fourth-order valence-electron chi connectivity index (χ4n) is 1.51. The summed E-state index contributed by atoms with van der Waals surface area (Å²) < 4.78 is 21.1. The summed E-state index contributed by atoms with van der Waals surface area (Å²) in [6.07, 6.45) is 2.43. The van der Waals surface area contributed by atoms with E-state index in [0.717, 1.165) is 12.8 Å². The van der Waals surface area contributed by atoms with Crippen LogP contribution in [0.2, 0.25) is 0 Å². The van der Waals surface area contributed by atoms with Crippen molar-refractivity contribution in [2.24, 2.45) is 0 Å². The monoisotopic (exact) mass is 204 g/mol. The van der Waals surface area contributed by atoms with E-state index in [1.807, 2.05) is 6.92 Å². The summed E-state index contributed by atoms with van der Waals surface area (Å²) in [5, 5.41) is 0. The minimum atomic E-state index is 0.0629. The van der Waals surface area contributed by atoms with Crippen molar-refractivity contribution in [1.82, 2.24) is 0 Å². The summed E-state index contributed by atoms with van der Waals surface area (Å²) >= 11 is 0. The zero-order chi connectivity index (χ0) is 10.4. The van der Waals surface area contributed by atoms with E-state index < -0.39 is 0 Å². The molecule has 0 saturated carbocycles. The SMILES string of the molecule is CC[C@@H]1CC([C@@H](C)OCOC)OCO1. The van der Waals surface area contributed by atoms with Gasteiger partial charge in [-0.15, -0.1) is 0 Å². The first-order valence-corrected chi connectivity index (χ1v) is 5.11. The van der Waals surface area contributed by atoms with Crippen LogP contribution in [0, 0.1) is 0 Å². The van der Waals surface area contributed by atoms with E-state index >= 15 is 0 Å². The minimum absolute atomic E-state index is 0.0629. The zero-order valence-electron chi connectivity index (χ0n) is 9.19. The number of ether oxygens (including phenoxy) is 4. The summed E-state index contributed by atoms with van der Waals surface area (Å²) in [5.74, 6) is 0. The number of hydrogen-bond donors (Lipinski definition) is 0. The lowest BCUT2D eigenvalue weighted by Crippen LogP contribution is -2.39. The van der Waals surface area contributed by atoms with Gasteiger partial charge in [0.25, 0.3) is 0 Å². The smallest absolute Gasteiger partial charge is 0.147 e. The van der Waals surface area contributed by atoms with Crippen LogP contribution in [0.15, 0.2) is 0 Å². The quantitative estimate of drug-likeness (QED) is 0.636. The molecule has 0 spiro atoms. The summed E-state index contributed by atoms with van der Waals surface area (Å²) in [6, 6.07) is 0. The molecular weight excluding hydrogens is 184 g/mol. The third-order valence-electron chi connectivity index (χ3n) is 2.51. The molecule has 1 heterocycles. The molecule has 0 N–H and O–H groups in total. The Balaban J connectivity index is 2.27. The molecule has 4 nitrogen and oxygen atoms in total. The van der Waals surface area contributed by atoms with Crippen molar-refractivity contribution in [3.05, 3.63) is 0 Å². The average Bonchev–Trinajstić information content (AvgIpc) is 2.26. The van der Waals surface area contributed by atoms with Gasteiger partial charge in [-0.3, -0.25) is 0 Å². The van der Waals surface area contributed by atoms with Gasteiger partial charge in [0.1, 0.15) is 13.6 Å². The standard InChI is InChI=1S/C10H20O4/c1-4-9-5-10(14-7-13-9)8(2)12-6-11-3/h8-10H,4-7H2,1-3H3/t8-,9-,10?/m1/s1. The predicted molar refractivity (Wildman–Crippen MR) is 51.9 cm³/mol. The van der Waals surface area contributed by atoms with Crippen LogP contribution in [-0.2, 0) is 18.9 Å². The van der Waals surface area contributed by atoms with Gasteiger partial charge in [-0.05, 0) is 13.3 Å². The van der Waals surface area contributed by atoms with Crippen LogP contribution in [0.25, 0.3) is 0 Å². The van der Waals surface area contributed by atoms with Gasteiger partial charge in [-0.2, -0.15) is 0 Å². The summed E-state index contributed by atoms with van der Waals surface area (Å²) in [7, 11) is 1.62. The number of methoxy groups -OCH3 is 1. The lowest BCUT2D eigenvalue weighted by Gasteiger charge is -2.32. The Bertz CT molecular complexity index is 151. The van der Waals surface area contributed by atoms with Crippen LogP contribution >= 0.6 is 0 Å². The first-order valence-electron chi connectivity index (χ1n) is 5.11. The fraction of sp³-hybridized carbons (Fsp3) is 1.00. The molecule has 0 bridgehead atoms. The van der Waals surface area contributed by atoms with Crippen molar-refractivity contribution in [3.8, 4) is 0 Å². The van der Waals surface area contributed by atoms with Crippen molar-refractivity contribution in [3.63, 3.8) is 0 Å². The molecule has 1 unspecified atom stereocenters. The van der Waals surface area contributed by atoms with Gasteiger partial charge in [0.15, 0.2) is 0 Å². The van der Waals surface area contributed by atoms with E-state index in [2.05, 4.69) is 6.92 Å². The molecule has 4 heteroatoms. The van der Waals surface area contributed by atoms with Crippen molar-refractivity contribution in [2.75, 3.05) is 20.7 Å². The van der Waals surface area contributed by atoms with Crippen molar-refractivity contribution >= 4 is 0 Å². The first kappa shape index (κ1) is 11.9. The van der Waals surface area contributed by atoms with Crippen molar-refractivity contribution in [1.29, 1.82) is 0 Å². The van der Waals surface area contributed by atoms with E-state index in [9.17, 15) is 0 Å². The van der Waals surface area contributed by atoms with Crippen LogP contribution in [0.1, 0.15) is 26.7 Å². The van der Waals surface area contributed by atoms with Crippen LogP contribution < -0.4 is 0 Å². The molecule has 84 valence electrons. The fourth-order valence-corrected chi connectivity index (χ4v) is 1.51. The molecule has 0 radical (unpaired) electrons. The summed E-state index contributed by atoms with van der Waals surface area (Å²) in [5.41, 5.74) is 0. The van der Waals surface area contributed by atoms with Crippen LogP contribution in [0.5, 0.6) is 0 Å². The number of hydrogen-bond acceptors (Lipinski definition) is 4. The molecule has 0 aromatic rings. The van der Waals surface area contributed by atoms with Gasteiger partial charge in [-0.1, -0.05) is 6.92 Å². The lowest BCUT2D eigenvalue weighted by atomic mass is 10.0. The molecule has 0 aromatic heterocycles. The van der Waals surface area contributed by atoms with Crippen LogP contribution in [0.4, 0.5) is 0 Å². The van der Waals surface area contributed by atoms with Crippen LogP contribution in [-0.4, -0.2) is 39.0 Å². The highest BCUT2D eigenvalue weighted by atomic mass is 16.7. The largest absolute Gasteiger partial charge is 0.359 e. The molecule has 1 fully saturated rings. The van der Waals surface area contributed by atoms with Gasteiger partial charge in [0.05, 0.1) is 18.3 Å². The highest BCUT2D eigenvalue weighted by molar-refractivity contribution is 4.73. The average molecular weight is 204 g/mol. The maximum atomic E-state index is 5.47. The Morgan fingerprint density at radius 2 is 2.21 bits per heavy atom. The van der Waals surface area contributed by atoms with E-state index in [1.54, 1.807) is 7.11 Å². The third-order valence-corrected chi connectivity index (χ3v) is 2.51. The summed E-state index contributed by atoms with van der Waals surface area (Å²) in [6.45, 7) is 4.82. The molecule has 3 atom stereocenters. The third kappa shape index (κ3) is 3.53. The maximum absolute atomic E-state index is 5.47. The zero-order valence-corrected chi connectivity index (χ0v) is 9.19. The van der Waals surface area contributed by atoms with Gasteiger partial charge >= 0.3 is 0 Å². The second-order valence-corrected chi connectivity index (χ2v) is 3.53. The second kappa shape index (κ2) is 6.35. The maximum Gasteiger partial charge on any atom is 0.147 e. The lowest BCUT2D eigenvalue weighted by molar-refractivity contribution is -0.215. The second-order valence-electron chi connectivity index (χ2n) is 3.53. The molecular formula is C10H20O4. The molecule has 1 saturated heterocycles. The Morgan fingerprint density at radius 3 is 2.86 bits per heavy atom. The molecule has 0 aliphatic carbocycles. The molecule has 14 heavy (non-hydrogen) atoms. The Labute approximate surface area is 85.5 Å². The minimum Gasteiger partial charge on any atom is -0.359 e. The Kier molecular flexibility index (Phi) is 5.40. The highest BCUT2D eigenvalue weighted by Gasteiger charge is 2.26. The molecule has 0 aromatic carbocycles. The van der Waals surface area contributed by atoms with Gasteiger partial charge < -0.3 is 18.9 Å². The van der Waals surface area contributed by atoms with Crippen LogP contribution in [0.3, 0.4) is 0 Å². The molecule has 1 rings (SSSR count). The Hall–Kier alpha value is -0.160. The number of rotatable bonds is 5. The molecule has 1 aliphatic rings.